The summed E-state index contributed by atoms with van der Waals surface area (Å²) in [7, 11) is 0. The summed E-state index contributed by atoms with van der Waals surface area (Å²) in [6.45, 7) is 10.1. The highest BCUT2D eigenvalue weighted by atomic mass is 16.7. The standard InChI is InChI=1S/C33H54O9/c1-6-19-23-15-18(35)11-13-33(23,5)22-12-14-32(4)20(8-9-21(32)25(22)26(19)37)16(2)7-10-24(36)41-31-29(40)27(38)28(39)30(42-31)17(3)34/h16,18-23,25-31,35,37-40H,6-15H2,1-5H3/t16-,18-,19-,20-,21?,22?,23+,25?,26?,27+,28+,29-,30-,31-,32-,33-/m1/s1/i26T. The van der Waals surface area contributed by atoms with Crippen LogP contribution in [0.4, 0.5) is 0 Å². The van der Waals surface area contributed by atoms with Crippen molar-refractivity contribution < 1.29 is 46.0 Å². The molecule has 240 valence electrons. The molecule has 0 spiro atoms. The predicted molar refractivity (Wildman–Crippen MR) is 154 cm³/mol. The fourth-order valence-corrected chi connectivity index (χ4v) is 10.7. The van der Waals surface area contributed by atoms with Gasteiger partial charge in [-0.1, -0.05) is 34.1 Å². The number of aliphatic hydroxyl groups excluding tert-OH is 4. The summed E-state index contributed by atoms with van der Waals surface area (Å²) in [6.07, 6.45) is -2.11. The molecule has 0 aromatic carbocycles. The normalized spacial score (nSPS) is 53.2. The van der Waals surface area contributed by atoms with Gasteiger partial charge in [0.25, 0.3) is 0 Å². The Hall–Kier alpha value is -1.10. The van der Waals surface area contributed by atoms with Crippen LogP contribution in [0.5, 0.6) is 0 Å². The number of hydrogen-bond donors (Lipinski definition) is 5. The lowest BCUT2D eigenvalue weighted by Gasteiger charge is -2.64. The van der Waals surface area contributed by atoms with E-state index in [2.05, 4.69) is 27.7 Å². The molecule has 5 rings (SSSR count). The Labute approximate surface area is 251 Å². The first-order valence-electron chi connectivity index (χ1n) is 16.9. The maximum absolute atomic E-state index is 12.8. The Balaban J connectivity index is 1.26. The summed E-state index contributed by atoms with van der Waals surface area (Å²) >= 11 is 0. The lowest BCUT2D eigenvalue weighted by Crippen LogP contribution is -2.62. The Morgan fingerprint density at radius 2 is 1.62 bits per heavy atom. The molecule has 5 aliphatic rings. The molecule has 5 N–H and O–H groups in total. The van der Waals surface area contributed by atoms with E-state index >= 15 is 0 Å². The summed E-state index contributed by atoms with van der Waals surface area (Å²) in [5.74, 6) is -0.317. The molecule has 42 heavy (non-hydrogen) atoms. The zero-order chi connectivity index (χ0) is 31.6. The van der Waals surface area contributed by atoms with Gasteiger partial charge in [-0.25, -0.2) is 0 Å². The van der Waals surface area contributed by atoms with Crippen LogP contribution in [0.2, 0.25) is 0 Å². The molecule has 9 nitrogen and oxygen atoms in total. The van der Waals surface area contributed by atoms with Crippen LogP contribution in [-0.2, 0) is 19.1 Å². The molecule has 0 aromatic rings. The maximum Gasteiger partial charge on any atom is 0.308 e. The lowest BCUT2D eigenvalue weighted by molar-refractivity contribution is -0.282. The van der Waals surface area contributed by atoms with Crippen LogP contribution in [0.1, 0.15) is 100 Å². The van der Waals surface area contributed by atoms with Crippen LogP contribution < -0.4 is 0 Å². The number of hydrogen-bond acceptors (Lipinski definition) is 9. The molecule has 4 unspecified atom stereocenters. The predicted octanol–water partition coefficient (Wildman–Crippen LogP) is 2.97. The Kier molecular flexibility index (Phi) is 8.84. The fourth-order valence-electron chi connectivity index (χ4n) is 10.7. The van der Waals surface area contributed by atoms with Crippen LogP contribution in [-0.4, -0.2) is 80.2 Å². The first-order valence-corrected chi connectivity index (χ1v) is 16.4. The third-order valence-corrected chi connectivity index (χ3v) is 12.9. The largest absolute Gasteiger partial charge is 0.433 e. The van der Waals surface area contributed by atoms with E-state index < -0.39 is 48.5 Å². The van der Waals surface area contributed by atoms with Crippen molar-refractivity contribution in [3.05, 3.63) is 0 Å². The molecule has 1 aliphatic heterocycles. The molecule has 9 heteroatoms. The number of Topliss-reactive ketones (excluding diaryl/α,β-unsaturated/α-hetero) is 1. The highest BCUT2D eigenvalue weighted by Gasteiger charge is 2.65. The molecular weight excluding hydrogens is 540 g/mol. The highest BCUT2D eigenvalue weighted by Crippen LogP contribution is 2.69. The number of ketones is 1. The van der Waals surface area contributed by atoms with Crippen LogP contribution in [0.25, 0.3) is 0 Å². The second-order valence-electron chi connectivity index (χ2n) is 15.0. The average molecular weight is 597 g/mol. The molecule has 4 aliphatic carbocycles. The van der Waals surface area contributed by atoms with Crippen molar-refractivity contribution in [2.24, 2.45) is 52.3 Å². The van der Waals surface area contributed by atoms with Gasteiger partial charge in [0.15, 0.2) is 5.78 Å². The van der Waals surface area contributed by atoms with E-state index in [0.717, 1.165) is 44.9 Å². The van der Waals surface area contributed by atoms with Crippen molar-refractivity contribution in [2.45, 2.75) is 142 Å². The summed E-state index contributed by atoms with van der Waals surface area (Å²) in [4.78, 5) is 24.6. The topological polar surface area (TPSA) is 154 Å². The first-order chi connectivity index (χ1) is 20.1. The SMILES string of the molecule is [3H]C1(O)C2C3CC[C@H]([C@H](C)CCC(=O)O[C@@H]4O[C@H](C(C)=O)[C@@H](O)[C@H](O)[C@H]4O)[C@@]3(C)CCC2[C@@]2(C)CC[C@@H](O)C[C@H]2[C@H]1CC. The third-order valence-electron chi connectivity index (χ3n) is 12.9. The zero-order valence-electron chi connectivity index (χ0n) is 26.9. The lowest BCUT2D eigenvalue weighted by atomic mass is 9.41. The number of rotatable bonds is 7. The number of carbonyl (C=O) groups excluding carboxylic acids is 2. The minimum atomic E-state index is -1.68. The Morgan fingerprint density at radius 1 is 0.952 bits per heavy atom. The van der Waals surface area contributed by atoms with Gasteiger partial charge in [-0.2, -0.15) is 0 Å². The van der Waals surface area contributed by atoms with Crippen LogP contribution >= 0.6 is 0 Å². The minimum absolute atomic E-state index is 0.0173. The van der Waals surface area contributed by atoms with E-state index in [4.69, 9.17) is 9.47 Å². The second-order valence-corrected chi connectivity index (χ2v) is 15.0. The molecule has 0 radical (unpaired) electrons. The van der Waals surface area contributed by atoms with Crippen LogP contribution in [0, 0.1) is 52.3 Å². The molecule has 0 bridgehead atoms. The van der Waals surface area contributed by atoms with Crippen LogP contribution in [0.15, 0.2) is 0 Å². The molecule has 16 atom stereocenters. The van der Waals surface area contributed by atoms with Crippen molar-refractivity contribution in [2.75, 3.05) is 0 Å². The molecule has 4 saturated carbocycles. The van der Waals surface area contributed by atoms with Gasteiger partial charge < -0.3 is 35.0 Å². The summed E-state index contributed by atoms with van der Waals surface area (Å²) < 4.78 is 20.1. The van der Waals surface area contributed by atoms with Gasteiger partial charge in [0, 0.05) is 6.42 Å². The molecule has 5 fully saturated rings. The van der Waals surface area contributed by atoms with E-state index in [9.17, 15) is 36.5 Å². The van der Waals surface area contributed by atoms with Gasteiger partial charge in [0.1, 0.15) is 24.4 Å². The molecule has 1 heterocycles. The van der Waals surface area contributed by atoms with Gasteiger partial charge in [-0.3, -0.25) is 9.59 Å². The molecule has 1 saturated heterocycles. The number of esters is 1. The Bertz CT molecular complexity index is 1050. The van der Waals surface area contributed by atoms with Gasteiger partial charge in [0.05, 0.1) is 13.6 Å². The summed E-state index contributed by atoms with van der Waals surface area (Å²) in [5.41, 5.74) is -0.0454. The van der Waals surface area contributed by atoms with Gasteiger partial charge in [-0.15, -0.1) is 0 Å². The average Bonchev–Trinajstić information content (AvgIpc) is 3.30. The van der Waals surface area contributed by atoms with Gasteiger partial charge >= 0.3 is 5.97 Å². The summed E-state index contributed by atoms with van der Waals surface area (Å²) in [6, 6.07) is 0. The zero-order valence-corrected chi connectivity index (χ0v) is 25.9. The van der Waals surface area contributed by atoms with E-state index in [0.29, 0.717) is 18.8 Å². The quantitative estimate of drug-likeness (QED) is 0.279. The van der Waals surface area contributed by atoms with Crippen molar-refractivity contribution in [3.8, 4) is 0 Å². The van der Waals surface area contributed by atoms with E-state index in [1.54, 1.807) is 0 Å². The molecular formula is C33H54O9. The number of carbonyl (C=O) groups is 2. The monoisotopic (exact) mass is 596 g/mol. The van der Waals surface area contributed by atoms with Crippen molar-refractivity contribution >= 4 is 11.8 Å². The molecule has 0 amide bonds. The summed E-state index contributed by atoms with van der Waals surface area (Å²) in [5, 5.41) is 53.0. The number of aliphatic hydroxyl groups is 5. The first kappa shape index (κ1) is 30.9. The maximum atomic E-state index is 12.8. The van der Waals surface area contributed by atoms with E-state index in [1.807, 2.05) is 0 Å². The van der Waals surface area contributed by atoms with Gasteiger partial charge in [0.2, 0.25) is 6.29 Å². The van der Waals surface area contributed by atoms with Gasteiger partial charge in [-0.05, 0) is 111 Å². The second kappa shape index (κ2) is 12.0. The van der Waals surface area contributed by atoms with Crippen molar-refractivity contribution in [3.63, 3.8) is 0 Å². The molecule has 0 aromatic heterocycles. The van der Waals surface area contributed by atoms with E-state index in [1.165, 1.54) is 6.92 Å². The smallest absolute Gasteiger partial charge is 0.308 e. The third kappa shape index (κ3) is 5.28. The fraction of sp³-hybridized carbons (Fsp3) is 0.939. The minimum Gasteiger partial charge on any atom is -0.433 e. The Morgan fingerprint density at radius 3 is 2.29 bits per heavy atom. The van der Waals surface area contributed by atoms with Crippen molar-refractivity contribution in [1.29, 1.82) is 0 Å². The van der Waals surface area contributed by atoms with E-state index in [-0.39, 0.29) is 58.9 Å². The van der Waals surface area contributed by atoms with Crippen LogP contribution in [0.3, 0.4) is 0 Å². The van der Waals surface area contributed by atoms with Crippen molar-refractivity contribution in [1.82, 2.24) is 0 Å². The number of ether oxygens (including phenoxy) is 2. The number of fused-ring (bicyclic) bond motifs is 5. The highest BCUT2D eigenvalue weighted by molar-refractivity contribution is 5.81.